The van der Waals surface area contributed by atoms with E-state index < -0.39 is 10.0 Å². The quantitative estimate of drug-likeness (QED) is 0.437. The highest BCUT2D eigenvalue weighted by Gasteiger charge is 2.16. The predicted octanol–water partition coefficient (Wildman–Crippen LogP) is 2.99. The Bertz CT molecular complexity index is 1260. The van der Waals surface area contributed by atoms with Crippen molar-refractivity contribution in [3.63, 3.8) is 0 Å². The number of fused-ring (bicyclic) bond motifs is 1. The number of aromatic amines is 1. The monoisotopic (exact) mass is 427 g/mol. The SMILES string of the molecule is CNS(=O)(=O)Cc1ccc(NC(=O)c2n[nH]c3ccc(-c4nccs4)cc23)cc1. The molecule has 0 radical (unpaired) electrons. The van der Waals surface area contributed by atoms with Crippen LogP contribution < -0.4 is 10.0 Å². The van der Waals surface area contributed by atoms with Crippen molar-refractivity contribution in [3.8, 4) is 10.6 Å². The summed E-state index contributed by atoms with van der Waals surface area (Å²) in [5.41, 5.74) is 3.12. The van der Waals surface area contributed by atoms with Gasteiger partial charge in [-0.1, -0.05) is 12.1 Å². The number of aromatic nitrogens is 3. The molecule has 0 aliphatic rings. The molecular weight excluding hydrogens is 410 g/mol. The van der Waals surface area contributed by atoms with E-state index in [2.05, 4.69) is 25.2 Å². The van der Waals surface area contributed by atoms with Crippen LogP contribution in [-0.2, 0) is 15.8 Å². The van der Waals surface area contributed by atoms with Crippen LogP contribution in [-0.4, -0.2) is 36.6 Å². The van der Waals surface area contributed by atoms with Gasteiger partial charge in [0.05, 0.1) is 11.3 Å². The van der Waals surface area contributed by atoms with Crippen molar-refractivity contribution in [3.05, 3.63) is 65.3 Å². The number of hydrogen-bond acceptors (Lipinski definition) is 6. The standard InChI is InChI=1S/C19H17N5O3S2/c1-20-29(26,27)11-12-2-5-14(6-3-12)22-18(25)17-15-10-13(19-21-8-9-28-19)4-7-16(15)23-24-17/h2-10,20H,11H2,1H3,(H,22,25)(H,23,24). The summed E-state index contributed by atoms with van der Waals surface area (Å²) < 4.78 is 25.5. The van der Waals surface area contributed by atoms with E-state index in [0.29, 0.717) is 16.6 Å². The van der Waals surface area contributed by atoms with E-state index in [1.165, 1.54) is 18.4 Å². The summed E-state index contributed by atoms with van der Waals surface area (Å²) >= 11 is 1.52. The van der Waals surface area contributed by atoms with Crippen LogP contribution in [0.2, 0.25) is 0 Å². The smallest absolute Gasteiger partial charge is 0.276 e. The molecule has 0 fully saturated rings. The highest BCUT2D eigenvalue weighted by atomic mass is 32.2. The molecular formula is C19H17N5O3S2. The molecule has 2 aromatic carbocycles. The first-order valence-corrected chi connectivity index (χ1v) is 11.2. The van der Waals surface area contributed by atoms with Crippen molar-refractivity contribution >= 4 is 43.9 Å². The average Bonchev–Trinajstić information content (AvgIpc) is 3.38. The van der Waals surface area contributed by atoms with Gasteiger partial charge in [-0.3, -0.25) is 9.89 Å². The fourth-order valence-corrected chi connectivity index (χ4v) is 4.26. The van der Waals surface area contributed by atoms with Gasteiger partial charge in [0, 0.05) is 28.2 Å². The number of benzene rings is 2. The van der Waals surface area contributed by atoms with Crippen molar-refractivity contribution in [2.45, 2.75) is 5.75 Å². The minimum atomic E-state index is -3.35. The van der Waals surface area contributed by atoms with Crippen molar-refractivity contribution in [2.24, 2.45) is 0 Å². The predicted molar refractivity (Wildman–Crippen MR) is 113 cm³/mol. The molecule has 4 aromatic rings. The van der Waals surface area contributed by atoms with E-state index in [1.807, 2.05) is 23.6 Å². The summed E-state index contributed by atoms with van der Waals surface area (Å²) in [5, 5.41) is 13.3. The van der Waals surface area contributed by atoms with Crippen LogP contribution in [0.3, 0.4) is 0 Å². The van der Waals surface area contributed by atoms with Crippen molar-refractivity contribution in [1.82, 2.24) is 19.9 Å². The number of sulfonamides is 1. The lowest BCUT2D eigenvalue weighted by molar-refractivity contribution is 0.102. The number of rotatable bonds is 6. The van der Waals surface area contributed by atoms with Gasteiger partial charge in [-0.2, -0.15) is 5.10 Å². The first-order chi connectivity index (χ1) is 13.9. The molecule has 4 rings (SSSR count). The van der Waals surface area contributed by atoms with Gasteiger partial charge in [-0.15, -0.1) is 11.3 Å². The zero-order valence-corrected chi connectivity index (χ0v) is 17.0. The second-order valence-corrected chi connectivity index (χ2v) is 9.11. The molecule has 0 aliphatic heterocycles. The molecule has 0 saturated carbocycles. The third-order valence-corrected chi connectivity index (χ3v) is 6.49. The molecule has 29 heavy (non-hydrogen) atoms. The maximum atomic E-state index is 12.7. The Morgan fingerprint density at radius 1 is 1.17 bits per heavy atom. The molecule has 0 bridgehead atoms. The van der Waals surface area contributed by atoms with Gasteiger partial charge in [0.1, 0.15) is 5.01 Å². The van der Waals surface area contributed by atoms with Gasteiger partial charge in [-0.25, -0.2) is 18.1 Å². The normalized spacial score (nSPS) is 11.6. The van der Waals surface area contributed by atoms with Gasteiger partial charge in [0.15, 0.2) is 5.69 Å². The summed E-state index contributed by atoms with van der Waals surface area (Å²) in [6.07, 6.45) is 1.73. The number of carbonyl (C=O) groups is 1. The zero-order valence-electron chi connectivity index (χ0n) is 15.3. The molecule has 10 heteroatoms. The van der Waals surface area contributed by atoms with Crippen LogP contribution in [0.4, 0.5) is 5.69 Å². The summed E-state index contributed by atoms with van der Waals surface area (Å²) in [7, 11) is -1.97. The third kappa shape index (κ3) is 4.19. The Balaban J connectivity index is 1.55. The minimum Gasteiger partial charge on any atom is -0.321 e. The van der Waals surface area contributed by atoms with Gasteiger partial charge in [0.25, 0.3) is 5.91 Å². The Labute approximate surface area is 171 Å². The third-order valence-electron chi connectivity index (χ3n) is 4.34. The second-order valence-electron chi connectivity index (χ2n) is 6.28. The largest absolute Gasteiger partial charge is 0.321 e. The molecule has 0 spiro atoms. The van der Waals surface area contributed by atoms with Crippen LogP contribution >= 0.6 is 11.3 Å². The Hall–Kier alpha value is -3.08. The fourth-order valence-electron chi connectivity index (χ4n) is 2.85. The molecule has 1 amide bonds. The van der Waals surface area contributed by atoms with Gasteiger partial charge < -0.3 is 5.32 Å². The Kier molecular flexibility index (Phi) is 5.14. The molecule has 0 atom stereocenters. The van der Waals surface area contributed by atoms with Crippen molar-refractivity contribution in [2.75, 3.05) is 12.4 Å². The van der Waals surface area contributed by atoms with E-state index in [0.717, 1.165) is 16.1 Å². The van der Waals surface area contributed by atoms with Crippen LogP contribution in [0, 0.1) is 0 Å². The first kappa shape index (κ1) is 19.2. The van der Waals surface area contributed by atoms with Crippen molar-refractivity contribution in [1.29, 1.82) is 0 Å². The van der Waals surface area contributed by atoms with Crippen LogP contribution in [0.15, 0.2) is 54.0 Å². The Morgan fingerprint density at radius 3 is 2.66 bits per heavy atom. The molecule has 3 N–H and O–H groups in total. The minimum absolute atomic E-state index is 0.124. The number of H-pyrrole nitrogens is 1. The molecule has 2 aromatic heterocycles. The number of carbonyl (C=O) groups excluding carboxylic acids is 1. The number of nitrogens with one attached hydrogen (secondary N) is 3. The molecule has 0 saturated heterocycles. The lowest BCUT2D eigenvalue weighted by atomic mass is 10.1. The number of anilines is 1. The summed E-state index contributed by atoms with van der Waals surface area (Å²) in [4.78, 5) is 17.0. The van der Waals surface area contributed by atoms with Gasteiger partial charge in [-0.05, 0) is 42.9 Å². The van der Waals surface area contributed by atoms with E-state index in [1.54, 1.807) is 30.5 Å². The molecule has 0 aliphatic carbocycles. The second kappa shape index (κ2) is 7.74. The highest BCUT2D eigenvalue weighted by Crippen LogP contribution is 2.27. The van der Waals surface area contributed by atoms with E-state index >= 15 is 0 Å². The topological polar surface area (TPSA) is 117 Å². The summed E-state index contributed by atoms with van der Waals surface area (Å²) in [6.45, 7) is 0. The maximum absolute atomic E-state index is 12.7. The highest BCUT2D eigenvalue weighted by molar-refractivity contribution is 7.88. The Morgan fingerprint density at radius 2 is 1.97 bits per heavy atom. The average molecular weight is 428 g/mol. The zero-order chi connectivity index (χ0) is 20.4. The fraction of sp³-hybridized carbons (Fsp3) is 0.105. The van der Waals surface area contributed by atoms with Crippen LogP contribution in [0.25, 0.3) is 21.5 Å². The summed E-state index contributed by atoms with van der Waals surface area (Å²) in [5.74, 6) is -0.482. The molecule has 148 valence electrons. The van der Waals surface area contributed by atoms with Crippen LogP contribution in [0.5, 0.6) is 0 Å². The van der Waals surface area contributed by atoms with Crippen molar-refractivity contribution < 1.29 is 13.2 Å². The summed E-state index contributed by atoms with van der Waals surface area (Å²) in [6, 6.07) is 12.3. The van der Waals surface area contributed by atoms with E-state index in [9.17, 15) is 13.2 Å². The number of hydrogen-bond donors (Lipinski definition) is 3. The molecule has 0 unspecified atom stereocenters. The van der Waals surface area contributed by atoms with E-state index in [-0.39, 0.29) is 17.4 Å². The van der Waals surface area contributed by atoms with Gasteiger partial charge >= 0.3 is 0 Å². The van der Waals surface area contributed by atoms with Crippen LogP contribution in [0.1, 0.15) is 16.1 Å². The molecule has 2 heterocycles. The lowest BCUT2D eigenvalue weighted by Gasteiger charge is -2.06. The first-order valence-electron chi connectivity index (χ1n) is 8.65. The number of thiazole rings is 1. The number of nitrogens with zero attached hydrogens (tertiary/aromatic N) is 2. The van der Waals surface area contributed by atoms with Gasteiger partial charge in [0.2, 0.25) is 10.0 Å². The lowest BCUT2D eigenvalue weighted by Crippen LogP contribution is -2.20. The molecule has 8 nitrogen and oxygen atoms in total. The number of amides is 1. The maximum Gasteiger partial charge on any atom is 0.276 e. The van der Waals surface area contributed by atoms with E-state index in [4.69, 9.17) is 0 Å².